The smallest absolute Gasteiger partial charge is 0.308 e. The molecule has 3 nitrogen and oxygen atoms in total. The second-order valence-electron chi connectivity index (χ2n) is 6.80. The van der Waals surface area contributed by atoms with E-state index in [1.165, 1.54) is 26.9 Å². The van der Waals surface area contributed by atoms with Crippen molar-refractivity contribution in [3.05, 3.63) is 97.1 Å². The van der Waals surface area contributed by atoms with Crippen molar-refractivity contribution in [1.29, 1.82) is 0 Å². The minimum absolute atomic E-state index is 0.254. The molecule has 5 aromatic rings. The van der Waals surface area contributed by atoms with Crippen molar-refractivity contribution in [3.8, 4) is 0 Å². The standard InChI is InChI=1S/C25H18N2O/c28-25(26-17-8-2-1-3-9-17)27-18-14-15-23-21-12-5-4-10-19(21)20-11-6-7-13-22(20)24(23)16-18/h1-16H,(H2,26,27,28). The van der Waals surface area contributed by atoms with E-state index in [2.05, 4.69) is 71.3 Å². The topological polar surface area (TPSA) is 41.1 Å². The Hall–Kier alpha value is -3.85. The summed E-state index contributed by atoms with van der Waals surface area (Å²) in [6, 6.07) is 32.1. The number of urea groups is 1. The number of carbonyl (C=O) groups excluding carboxylic acids is 1. The Morgan fingerprint density at radius 3 is 1.54 bits per heavy atom. The number of anilines is 2. The number of para-hydroxylation sites is 1. The number of hydrogen-bond donors (Lipinski definition) is 2. The molecule has 0 saturated carbocycles. The van der Waals surface area contributed by atoms with Gasteiger partial charge >= 0.3 is 6.03 Å². The van der Waals surface area contributed by atoms with Crippen LogP contribution in [0.25, 0.3) is 32.3 Å². The SMILES string of the molecule is O=C(Nc1ccccc1)Nc1ccc2c3ccccc3c3ccccc3c2c1. The van der Waals surface area contributed by atoms with Gasteiger partial charge in [0.1, 0.15) is 0 Å². The van der Waals surface area contributed by atoms with Gasteiger partial charge in [0.05, 0.1) is 0 Å². The number of fused-ring (bicyclic) bond motifs is 6. The summed E-state index contributed by atoms with van der Waals surface area (Å²) in [7, 11) is 0. The number of benzene rings is 5. The van der Waals surface area contributed by atoms with Gasteiger partial charge in [0, 0.05) is 11.4 Å². The Morgan fingerprint density at radius 2 is 0.929 bits per heavy atom. The molecule has 0 aliphatic rings. The lowest BCUT2D eigenvalue weighted by Gasteiger charge is -2.12. The molecule has 0 saturated heterocycles. The van der Waals surface area contributed by atoms with Crippen molar-refractivity contribution in [2.75, 3.05) is 10.6 Å². The summed E-state index contributed by atoms with van der Waals surface area (Å²) < 4.78 is 0. The summed E-state index contributed by atoms with van der Waals surface area (Å²) in [4.78, 5) is 12.4. The molecule has 0 bridgehead atoms. The summed E-state index contributed by atoms with van der Waals surface area (Å²) in [5.74, 6) is 0. The fraction of sp³-hybridized carbons (Fsp3) is 0. The normalized spacial score (nSPS) is 11.0. The predicted octanol–water partition coefficient (Wildman–Crippen LogP) is 6.79. The van der Waals surface area contributed by atoms with Crippen molar-refractivity contribution in [2.24, 2.45) is 0 Å². The lowest BCUT2D eigenvalue weighted by atomic mass is 9.94. The van der Waals surface area contributed by atoms with Crippen LogP contribution in [0.4, 0.5) is 16.2 Å². The van der Waals surface area contributed by atoms with Crippen molar-refractivity contribution >= 4 is 49.7 Å². The van der Waals surface area contributed by atoms with E-state index < -0.39 is 0 Å². The zero-order valence-corrected chi connectivity index (χ0v) is 15.1. The molecule has 0 heterocycles. The fourth-order valence-electron chi connectivity index (χ4n) is 3.80. The molecule has 3 heteroatoms. The van der Waals surface area contributed by atoms with E-state index in [-0.39, 0.29) is 6.03 Å². The van der Waals surface area contributed by atoms with Gasteiger partial charge in [-0.25, -0.2) is 4.79 Å². The Labute approximate surface area is 162 Å². The predicted molar refractivity (Wildman–Crippen MR) is 118 cm³/mol. The van der Waals surface area contributed by atoms with Crippen molar-refractivity contribution in [2.45, 2.75) is 0 Å². The van der Waals surface area contributed by atoms with Crippen LogP contribution in [0.5, 0.6) is 0 Å². The van der Waals surface area contributed by atoms with E-state index in [9.17, 15) is 4.79 Å². The number of carbonyl (C=O) groups is 1. The van der Waals surface area contributed by atoms with Gasteiger partial charge in [0.2, 0.25) is 0 Å². The Kier molecular flexibility index (Phi) is 3.91. The van der Waals surface area contributed by atoms with Crippen molar-refractivity contribution in [1.82, 2.24) is 0 Å². The molecule has 2 N–H and O–H groups in total. The fourth-order valence-corrected chi connectivity index (χ4v) is 3.80. The molecular formula is C25H18N2O. The van der Waals surface area contributed by atoms with Gasteiger partial charge < -0.3 is 10.6 Å². The first-order valence-electron chi connectivity index (χ1n) is 9.26. The number of amides is 2. The molecule has 5 aromatic carbocycles. The van der Waals surface area contributed by atoms with E-state index in [1.54, 1.807) is 0 Å². The third kappa shape index (κ3) is 2.83. The molecular weight excluding hydrogens is 344 g/mol. The first-order valence-corrected chi connectivity index (χ1v) is 9.26. The molecule has 134 valence electrons. The van der Waals surface area contributed by atoms with Gasteiger partial charge in [-0.05, 0) is 56.6 Å². The first kappa shape index (κ1) is 16.3. The maximum absolute atomic E-state index is 12.4. The van der Waals surface area contributed by atoms with E-state index in [0.29, 0.717) is 0 Å². The van der Waals surface area contributed by atoms with Crippen LogP contribution in [0.3, 0.4) is 0 Å². The first-order chi connectivity index (χ1) is 13.8. The zero-order valence-electron chi connectivity index (χ0n) is 15.1. The Balaban J connectivity index is 1.60. The molecule has 28 heavy (non-hydrogen) atoms. The average Bonchev–Trinajstić information content (AvgIpc) is 2.74. The lowest BCUT2D eigenvalue weighted by Crippen LogP contribution is -2.19. The van der Waals surface area contributed by atoms with Crippen LogP contribution < -0.4 is 10.6 Å². The van der Waals surface area contributed by atoms with Crippen LogP contribution in [0.15, 0.2) is 97.1 Å². The minimum atomic E-state index is -0.254. The van der Waals surface area contributed by atoms with Gasteiger partial charge in [-0.3, -0.25) is 0 Å². The van der Waals surface area contributed by atoms with Gasteiger partial charge in [0.15, 0.2) is 0 Å². The van der Waals surface area contributed by atoms with E-state index in [1.807, 2.05) is 36.4 Å². The lowest BCUT2D eigenvalue weighted by molar-refractivity contribution is 0.262. The highest BCUT2D eigenvalue weighted by atomic mass is 16.2. The minimum Gasteiger partial charge on any atom is -0.308 e. The largest absolute Gasteiger partial charge is 0.323 e. The molecule has 0 unspecified atom stereocenters. The third-order valence-corrected chi connectivity index (χ3v) is 5.03. The molecule has 2 amide bonds. The van der Waals surface area contributed by atoms with Crippen molar-refractivity contribution in [3.63, 3.8) is 0 Å². The summed E-state index contributed by atoms with van der Waals surface area (Å²) in [6.45, 7) is 0. The summed E-state index contributed by atoms with van der Waals surface area (Å²) in [5, 5.41) is 13.0. The molecule has 5 rings (SSSR count). The Bertz CT molecular complexity index is 1290. The molecule has 0 fully saturated rings. The highest BCUT2D eigenvalue weighted by Gasteiger charge is 2.09. The highest BCUT2D eigenvalue weighted by molar-refractivity contribution is 6.25. The maximum atomic E-state index is 12.4. The monoisotopic (exact) mass is 362 g/mol. The molecule has 0 aliphatic heterocycles. The van der Waals surface area contributed by atoms with Gasteiger partial charge in [-0.2, -0.15) is 0 Å². The third-order valence-electron chi connectivity index (χ3n) is 5.03. The number of hydrogen-bond acceptors (Lipinski definition) is 1. The van der Waals surface area contributed by atoms with Crippen LogP contribution in [-0.2, 0) is 0 Å². The van der Waals surface area contributed by atoms with Crippen LogP contribution in [0.2, 0.25) is 0 Å². The number of rotatable bonds is 2. The van der Waals surface area contributed by atoms with E-state index in [0.717, 1.165) is 16.8 Å². The van der Waals surface area contributed by atoms with Crippen molar-refractivity contribution < 1.29 is 4.79 Å². The molecule has 0 radical (unpaired) electrons. The Morgan fingerprint density at radius 1 is 0.464 bits per heavy atom. The zero-order chi connectivity index (χ0) is 18.9. The second-order valence-corrected chi connectivity index (χ2v) is 6.80. The number of nitrogens with one attached hydrogen (secondary N) is 2. The maximum Gasteiger partial charge on any atom is 0.323 e. The average molecular weight is 362 g/mol. The van der Waals surface area contributed by atoms with Crippen LogP contribution >= 0.6 is 0 Å². The quantitative estimate of drug-likeness (QED) is 0.333. The van der Waals surface area contributed by atoms with Crippen LogP contribution in [0, 0.1) is 0 Å². The van der Waals surface area contributed by atoms with E-state index in [4.69, 9.17) is 0 Å². The molecule has 0 aromatic heterocycles. The summed E-state index contributed by atoms with van der Waals surface area (Å²) in [5.41, 5.74) is 1.53. The molecule has 0 aliphatic carbocycles. The molecule has 0 atom stereocenters. The van der Waals surface area contributed by atoms with Gasteiger partial charge in [-0.15, -0.1) is 0 Å². The van der Waals surface area contributed by atoms with Gasteiger partial charge in [0.25, 0.3) is 0 Å². The second kappa shape index (κ2) is 6.71. The van der Waals surface area contributed by atoms with Crippen LogP contribution in [-0.4, -0.2) is 6.03 Å². The summed E-state index contributed by atoms with van der Waals surface area (Å²) >= 11 is 0. The molecule has 0 spiro atoms. The van der Waals surface area contributed by atoms with Crippen LogP contribution in [0.1, 0.15) is 0 Å². The highest BCUT2D eigenvalue weighted by Crippen LogP contribution is 2.36. The summed E-state index contributed by atoms with van der Waals surface area (Å²) in [6.07, 6.45) is 0. The van der Waals surface area contributed by atoms with Gasteiger partial charge in [-0.1, -0.05) is 72.8 Å². The van der Waals surface area contributed by atoms with E-state index >= 15 is 0 Å².